The number of furan rings is 1. The van der Waals surface area contributed by atoms with Crippen LogP contribution in [0.25, 0.3) is 33.6 Å². The molecule has 2 aliphatic rings. The number of morpholine rings is 1. The molecule has 0 amide bonds. The molecule has 5 heterocycles. The zero-order chi connectivity index (χ0) is 18.7. The van der Waals surface area contributed by atoms with Gasteiger partial charge in [0.25, 0.3) is 0 Å². The summed E-state index contributed by atoms with van der Waals surface area (Å²) in [6.45, 7) is 1.63. The molecule has 2 fully saturated rings. The van der Waals surface area contributed by atoms with Crippen LogP contribution in [0.15, 0.2) is 47.0 Å². The largest absolute Gasteiger partial charge is 0.432 e. The topological polar surface area (TPSA) is 90.3 Å². The quantitative estimate of drug-likeness (QED) is 0.539. The average molecular weight is 373 g/mol. The van der Waals surface area contributed by atoms with E-state index in [9.17, 15) is 0 Å². The van der Waals surface area contributed by atoms with Gasteiger partial charge < -0.3 is 19.8 Å². The summed E-state index contributed by atoms with van der Waals surface area (Å²) in [4.78, 5) is 16.4. The van der Waals surface area contributed by atoms with Crippen LogP contribution < -0.4 is 10.6 Å². The molecule has 0 spiro atoms. The third-order valence-corrected chi connectivity index (χ3v) is 5.58. The van der Waals surface area contributed by atoms with Crippen molar-refractivity contribution in [1.29, 1.82) is 0 Å². The first-order valence-electron chi connectivity index (χ1n) is 9.56. The number of aromatic nitrogens is 3. The highest BCUT2D eigenvalue weighted by Crippen LogP contribution is 2.37. The maximum Gasteiger partial charge on any atom is 0.229 e. The third kappa shape index (κ3) is 2.43. The van der Waals surface area contributed by atoms with Gasteiger partial charge in [-0.15, -0.1) is 0 Å². The van der Waals surface area contributed by atoms with Gasteiger partial charge in [-0.1, -0.05) is 0 Å². The molecule has 0 aliphatic carbocycles. The molecule has 0 radical (unpaired) electrons. The summed E-state index contributed by atoms with van der Waals surface area (Å²) in [5.41, 5.74) is 9.55. The minimum absolute atomic E-state index is 0.256. The molecule has 2 atom stereocenters. The Kier molecular flexibility index (Phi) is 3.34. The van der Waals surface area contributed by atoms with E-state index in [1.165, 1.54) is 0 Å². The van der Waals surface area contributed by atoms with Crippen LogP contribution in [-0.2, 0) is 4.74 Å². The number of nitrogens with two attached hydrogens (primary N) is 1. The second-order valence-electron chi connectivity index (χ2n) is 7.49. The highest BCUT2D eigenvalue weighted by molar-refractivity contribution is 6.05. The number of rotatable bonds is 2. The lowest BCUT2D eigenvalue weighted by molar-refractivity contribution is 0.0303. The Labute approximate surface area is 161 Å². The first kappa shape index (κ1) is 15.8. The predicted molar refractivity (Wildman–Crippen MR) is 107 cm³/mol. The van der Waals surface area contributed by atoms with Crippen LogP contribution in [0.3, 0.4) is 0 Å². The van der Waals surface area contributed by atoms with Crippen LogP contribution in [0.2, 0.25) is 0 Å². The number of nitrogens with zero attached hydrogens (tertiary/aromatic N) is 4. The molecular formula is C21H19N5O2. The summed E-state index contributed by atoms with van der Waals surface area (Å²) in [6.07, 6.45) is 4.44. The van der Waals surface area contributed by atoms with E-state index < -0.39 is 0 Å². The smallest absolute Gasteiger partial charge is 0.229 e. The summed E-state index contributed by atoms with van der Waals surface area (Å²) >= 11 is 0. The normalized spacial score (nSPS) is 21.6. The van der Waals surface area contributed by atoms with Crippen molar-refractivity contribution in [3.8, 4) is 11.4 Å². The maximum absolute atomic E-state index is 6.10. The van der Waals surface area contributed by atoms with Gasteiger partial charge in [-0.2, -0.15) is 0 Å². The van der Waals surface area contributed by atoms with Gasteiger partial charge in [0, 0.05) is 30.5 Å². The summed E-state index contributed by atoms with van der Waals surface area (Å²) in [6, 6.07) is 11.5. The summed E-state index contributed by atoms with van der Waals surface area (Å²) < 4.78 is 12.1. The third-order valence-electron chi connectivity index (χ3n) is 5.58. The van der Waals surface area contributed by atoms with Crippen molar-refractivity contribution in [3.63, 3.8) is 0 Å². The average Bonchev–Trinajstić information content (AvgIpc) is 3.27. The number of nitrogen functional groups attached to an aromatic ring is 1. The SMILES string of the molecule is Nc1ccc(-c2nc(N3CC4CCC(C3)O4)c3oc4ncccc4c3n2)cc1. The molecule has 28 heavy (non-hydrogen) atoms. The molecule has 2 aliphatic heterocycles. The summed E-state index contributed by atoms with van der Waals surface area (Å²) in [5, 5.41) is 0.897. The highest BCUT2D eigenvalue weighted by Gasteiger charge is 2.35. The summed E-state index contributed by atoms with van der Waals surface area (Å²) in [5.74, 6) is 1.47. The van der Waals surface area contributed by atoms with Crippen molar-refractivity contribution in [2.75, 3.05) is 23.7 Å². The molecule has 7 heteroatoms. The van der Waals surface area contributed by atoms with Crippen molar-refractivity contribution in [3.05, 3.63) is 42.6 Å². The zero-order valence-electron chi connectivity index (χ0n) is 15.2. The Morgan fingerprint density at radius 1 is 1.00 bits per heavy atom. The lowest BCUT2D eigenvalue weighted by atomic mass is 10.2. The second kappa shape index (κ2) is 5.90. The van der Waals surface area contributed by atoms with Crippen LogP contribution in [0.5, 0.6) is 0 Å². The van der Waals surface area contributed by atoms with Gasteiger partial charge in [0.05, 0.1) is 17.6 Å². The molecule has 1 aromatic carbocycles. The number of anilines is 2. The van der Waals surface area contributed by atoms with Gasteiger partial charge in [-0.3, -0.25) is 0 Å². The van der Waals surface area contributed by atoms with Gasteiger partial charge in [-0.25, -0.2) is 15.0 Å². The van der Waals surface area contributed by atoms with Crippen molar-refractivity contribution in [2.24, 2.45) is 0 Å². The highest BCUT2D eigenvalue weighted by atomic mass is 16.5. The molecule has 2 bridgehead atoms. The van der Waals surface area contributed by atoms with E-state index in [0.717, 1.165) is 48.2 Å². The van der Waals surface area contributed by atoms with E-state index in [4.69, 9.17) is 24.9 Å². The molecule has 2 unspecified atom stereocenters. The van der Waals surface area contributed by atoms with E-state index >= 15 is 0 Å². The predicted octanol–water partition coefficient (Wildman–Crippen LogP) is 3.39. The van der Waals surface area contributed by atoms with Gasteiger partial charge in [0.15, 0.2) is 17.2 Å². The molecule has 2 saturated heterocycles. The van der Waals surface area contributed by atoms with Crippen LogP contribution in [0, 0.1) is 0 Å². The van der Waals surface area contributed by atoms with E-state index in [2.05, 4.69) is 9.88 Å². The van der Waals surface area contributed by atoms with Crippen LogP contribution in [0.4, 0.5) is 11.5 Å². The fourth-order valence-corrected chi connectivity index (χ4v) is 4.23. The maximum atomic E-state index is 6.10. The standard InChI is InChI=1S/C21H19N5O2/c22-13-5-3-12(4-6-13)19-24-17-16-2-1-9-23-21(16)28-18(17)20(25-19)26-10-14-7-8-15(11-26)27-14/h1-6,9,14-15H,7-8,10-11,22H2. The van der Waals surface area contributed by atoms with Gasteiger partial charge in [0.1, 0.15) is 5.52 Å². The second-order valence-corrected chi connectivity index (χ2v) is 7.49. The number of benzene rings is 1. The Hall–Kier alpha value is -3.19. The summed E-state index contributed by atoms with van der Waals surface area (Å²) in [7, 11) is 0. The zero-order valence-corrected chi connectivity index (χ0v) is 15.2. The van der Waals surface area contributed by atoms with Crippen molar-refractivity contribution < 1.29 is 9.15 Å². The van der Waals surface area contributed by atoms with E-state index in [1.807, 2.05) is 36.4 Å². The first-order valence-corrected chi connectivity index (χ1v) is 9.56. The first-order chi connectivity index (χ1) is 13.7. The Morgan fingerprint density at radius 2 is 1.79 bits per heavy atom. The monoisotopic (exact) mass is 373 g/mol. The number of ether oxygens (including phenoxy) is 1. The van der Waals surface area contributed by atoms with Gasteiger partial charge in [0.2, 0.25) is 5.71 Å². The Morgan fingerprint density at radius 3 is 2.57 bits per heavy atom. The lowest BCUT2D eigenvalue weighted by Crippen LogP contribution is -2.43. The van der Waals surface area contributed by atoms with Crippen molar-refractivity contribution in [1.82, 2.24) is 15.0 Å². The molecule has 6 rings (SSSR count). The molecule has 2 N–H and O–H groups in total. The van der Waals surface area contributed by atoms with E-state index in [0.29, 0.717) is 22.8 Å². The van der Waals surface area contributed by atoms with Crippen LogP contribution in [-0.4, -0.2) is 40.2 Å². The van der Waals surface area contributed by atoms with Crippen LogP contribution >= 0.6 is 0 Å². The van der Waals surface area contributed by atoms with E-state index in [1.54, 1.807) is 6.20 Å². The van der Waals surface area contributed by atoms with E-state index in [-0.39, 0.29) is 12.2 Å². The number of pyridine rings is 1. The fourth-order valence-electron chi connectivity index (χ4n) is 4.23. The van der Waals surface area contributed by atoms with Gasteiger partial charge >= 0.3 is 0 Å². The molecule has 4 aromatic rings. The van der Waals surface area contributed by atoms with Crippen molar-refractivity contribution >= 4 is 33.7 Å². The number of hydrogen-bond acceptors (Lipinski definition) is 7. The fraction of sp³-hybridized carbons (Fsp3) is 0.286. The molecular weight excluding hydrogens is 354 g/mol. The molecule has 7 nitrogen and oxygen atoms in total. The Balaban J connectivity index is 1.59. The van der Waals surface area contributed by atoms with Crippen molar-refractivity contribution in [2.45, 2.75) is 25.0 Å². The van der Waals surface area contributed by atoms with Crippen LogP contribution in [0.1, 0.15) is 12.8 Å². The minimum Gasteiger partial charge on any atom is -0.432 e. The number of hydrogen-bond donors (Lipinski definition) is 1. The molecule has 0 saturated carbocycles. The minimum atomic E-state index is 0.256. The molecule has 3 aromatic heterocycles. The van der Waals surface area contributed by atoms with Gasteiger partial charge in [-0.05, 0) is 49.2 Å². The molecule has 140 valence electrons. The lowest BCUT2D eigenvalue weighted by Gasteiger charge is -2.32. The Bertz CT molecular complexity index is 1170. The number of fused-ring (bicyclic) bond motifs is 5.